The minimum absolute atomic E-state index is 0.130. The normalized spacial score (nSPS) is 16.5. The summed E-state index contributed by atoms with van der Waals surface area (Å²) in [5, 5.41) is 8.49. The van der Waals surface area contributed by atoms with Crippen LogP contribution in [0.1, 0.15) is 25.7 Å². The molecular formula is C10H14N2O6. The van der Waals surface area contributed by atoms with E-state index in [-0.39, 0.29) is 31.7 Å². The number of likely N-dealkylation sites (tertiary alicyclic amines) is 1. The molecule has 0 aromatic heterocycles. The lowest BCUT2D eigenvalue weighted by Crippen LogP contribution is -2.35. The number of aliphatic carboxylic acids is 1. The summed E-state index contributed by atoms with van der Waals surface area (Å²) < 4.78 is 4.41. The summed E-state index contributed by atoms with van der Waals surface area (Å²) in [5.74, 6) is -2.50. The van der Waals surface area contributed by atoms with E-state index in [1.165, 1.54) is 0 Å². The number of hydrogen-bond donors (Lipinski definition) is 2. The first-order valence-corrected chi connectivity index (χ1v) is 5.45. The van der Waals surface area contributed by atoms with Gasteiger partial charge in [-0.3, -0.25) is 14.4 Å². The van der Waals surface area contributed by atoms with Crippen LogP contribution in [0.15, 0.2) is 0 Å². The molecule has 0 saturated carbocycles. The molecule has 1 aliphatic heterocycles. The van der Waals surface area contributed by atoms with Crippen LogP contribution in [0.3, 0.4) is 0 Å². The molecule has 0 aromatic carbocycles. The largest absolute Gasteiger partial charge is 0.480 e. The van der Waals surface area contributed by atoms with Crippen LogP contribution >= 0.6 is 0 Å². The van der Waals surface area contributed by atoms with E-state index in [9.17, 15) is 19.2 Å². The van der Waals surface area contributed by atoms with Gasteiger partial charge in [-0.2, -0.15) is 0 Å². The van der Waals surface area contributed by atoms with Crippen molar-refractivity contribution in [3.63, 3.8) is 0 Å². The van der Waals surface area contributed by atoms with Crippen LogP contribution in [-0.4, -0.2) is 46.5 Å². The van der Waals surface area contributed by atoms with E-state index in [2.05, 4.69) is 4.74 Å². The summed E-state index contributed by atoms with van der Waals surface area (Å²) in [6, 6.07) is -1.18. The predicted molar refractivity (Wildman–Crippen MR) is 57.3 cm³/mol. The molecule has 1 heterocycles. The van der Waals surface area contributed by atoms with E-state index in [1.54, 1.807) is 0 Å². The van der Waals surface area contributed by atoms with E-state index in [1.807, 2.05) is 0 Å². The van der Waals surface area contributed by atoms with Crippen LogP contribution < -0.4 is 5.73 Å². The van der Waals surface area contributed by atoms with Crippen LogP contribution in [0.2, 0.25) is 0 Å². The number of carboxylic acid groups (broad SMARTS) is 1. The van der Waals surface area contributed by atoms with Crippen molar-refractivity contribution < 1.29 is 29.0 Å². The summed E-state index contributed by atoms with van der Waals surface area (Å²) >= 11 is 0. The molecule has 0 bridgehead atoms. The van der Waals surface area contributed by atoms with E-state index >= 15 is 0 Å². The molecule has 8 heteroatoms. The summed E-state index contributed by atoms with van der Waals surface area (Å²) in [4.78, 5) is 45.0. The Bertz CT molecular complexity index is 381. The van der Waals surface area contributed by atoms with Crippen molar-refractivity contribution in [2.24, 2.45) is 5.73 Å². The van der Waals surface area contributed by atoms with Gasteiger partial charge in [0, 0.05) is 19.4 Å². The maximum absolute atomic E-state index is 11.4. The minimum atomic E-state index is -1.23. The Morgan fingerprint density at radius 2 is 2.11 bits per heavy atom. The topological polar surface area (TPSA) is 127 Å². The lowest BCUT2D eigenvalue weighted by Gasteiger charge is -2.12. The number of nitrogens with zero attached hydrogens (tertiary/aromatic N) is 1. The highest BCUT2D eigenvalue weighted by Gasteiger charge is 2.29. The van der Waals surface area contributed by atoms with Crippen molar-refractivity contribution in [1.82, 2.24) is 4.90 Å². The molecule has 2 amide bonds. The molecule has 0 radical (unpaired) electrons. The molecule has 0 unspecified atom stereocenters. The Morgan fingerprint density at radius 1 is 1.44 bits per heavy atom. The van der Waals surface area contributed by atoms with Crippen molar-refractivity contribution in [3.8, 4) is 0 Å². The molecule has 1 aliphatic rings. The van der Waals surface area contributed by atoms with Crippen molar-refractivity contribution in [1.29, 1.82) is 0 Å². The van der Waals surface area contributed by atoms with Crippen molar-refractivity contribution in [3.05, 3.63) is 0 Å². The molecule has 0 spiro atoms. The standard InChI is InChI=1S/C10H14N2O6/c11-6(9(15)16)3-4-8(14)18-10(17)12-5-1-2-7(12)13/h6H,1-5,11H2,(H,15,16)/t6-/m1/s1. The number of carbonyl (C=O) groups is 4. The first-order valence-electron chi connectivity index (χ1n) is 5.45. The smallest absolute Gasteiger partial charge is 0.424 e. The van der Waals surface area contributed by atoms with Crippen LogP contribution in [0.4, 0.5) is 4.79 Å². The predicted octanol–water partition coefficient (Wildman–Crippen LogP) is -0.536. The third kappa shape index (κ3) is 3.81. The molecule has 8 nitrogen and oxygen atoms in total. The van der Waals surface area contributed by atoms with Crippen molar-refractivity contribution >= 4 is 23.9 Å². The van der Waals surface area contributed by atoms with Gasteiger partial charge in [0.2, 0.25) is 5.91 Å². The Labute approximate surface area is 103 Å². The van der Waals surface area contributed by atoms with Crippen molar-refractivity contribution in [2.45, 2.75) is 31.7 Å². The highest BCUT2D eigenvalue weighted by atomic mass is 16.6. The second-order valence-electron chi connectivity index (χ2n) is 3.87. The molecule has 1 atom stereocenters. The average molecular weight is 258 g/mol. The molecule has 100 valence electrons. The van der Waals surface area contributed by atoms with Gasteiger partial charge in [0.05, 0.1) is 0 Å². The van der Waals surface area contributed by atoms with Gasteiger partial charge in [0.25, 0.3) is 0 Å². The van der Waals surface area contributed by atoms with Gasteiger partial charge >= 0.3 is 18.0 Å². The molecule has 1 saturated heterocycles. The van der Waals surface area contributed by atoms with Crippen LogP contribution in [0.5, 0.6) is 0 Å². The lowest BCUT2D eigenvalue weighted by atomic mass is 10.2. The number of amides is 2. The number of rotatable bonds is 4. The fourth-order valence-corrected chi connectivity index (χ4v) is 1.44. The highest BCUT2D eigenvalue weighted by molar-refractivity contribution is 5.97. The first-order chi connectivity index (χ1) is 8.41. The van der Waals surface area contributed by atoms with Gasteiger partial charge in [0.15, 0.2) is 0 Å². The van der Waals surface area contributed by atoms with Gasteiger partial charge < -0.3 is 15.6 Å². The first kappa shape index (κ1) is 14.1. The summed E-state index contributed by atoms with van der Waals surface area (Å²) in [6.45, 7) is 0.236. The zero-order chi connectivity index (χ0) is 13.7. The van der Waals surface area contributed by atoms with E-state index in [4.69, 9.17) is 10.8 Å². The summed E-state index contributed by atoms with van der Waals surface area (Å²) in [5.41, 5.74) is 5.18. The summed E-state index contributed by atoms with van der Waals surface area (Å²) in [6.07, 6.45) is -0.623. The Morgan fingerprint density at radius 3 is 2.61 bits per heavy atom. The van der Waals surface area contributed by atoms with Crippen LogP contribution in [0.25, 0.3) is 0 Å². The SMILES string of the molecule is N[C@H](CCC(=O)OC(=O)N1CCCC1=O)C(=O)O. The molecule has 3 N–H and O–H groups in total. The number of carboxylic acids is 1. The average Bonchev–Trinajstić information content (AvgIpc) is 2.72. The third-order valence-electron chi connectivity index (χ3n) is 2.47. The molecule has 1 rings (SSSR count). The Balaban J connectivity index is 2.34. The minimum Gasteiger partial charge on any atom is -0.480 e. The van der Waals surface area contributed by atoms with Crippen LogP contribution in [-0.2, 0) is 19.1 Å². The Hall–Kier alpha value is -1.96. The number of carbonyl (C=O) groups excluding carboxylic acids is 3. The van der Waals surface area contributed by atoms with E-state index in [0.717, 1.165) is 4.90 Å². The molecule has 18 heavy (non-hydrogen) atoms. The van der Waals surface area contributed by atoms with Gasteiger partial charge in [-0.15, -0.1) is 0 Å². The molecule has 0 aromatic rings. The second-order valence-corrected chi connectivity index (χ2v) is 3.87. The number of imide groups is 1. The fraction of sp³-hybridized carbons (Fsp3) is 0.600. The van der Waals surface area contributed by atoms with Gasteiger partial charge in [-0.05, 0) is 12.8 Å². The summed E-state index contributed by atoms with van der Waals surface area (Å²) in [7, 11) is 0. The number of hydrogen-bond acceptors (Lipinski definition) is 6. The third-order valence-corrected chi connectivity index (χ3v) is 2.47. The lowest BCUT2D eigenvalue weighted by molar-refractivity contribution is -0.140. The van der Waals surface area contributed by atoms with E-state index in [0.29, 0.717) is 6.42 Å². The highest BCUT2D eigenvalue weighted by Crippen LogP contribution is 2.11. The van der Waals surface area contributed by atoms with Crippen LogP contribution in [0, 0.1) is 0 Å². The maximum Gasteiger partial charge on any atom is 0.424 e. The quantitative estimate of drug-likeness (QED) is 0.512. The molecule has 0 aliphatic carbocycles. The van der Waals surface area contributed by atoms with Gasteiger partial charge in [-0.1, -0.05) is 0 Å². The molecular weight excluding hydrogens is 244 g/mol. The zero-order valence-electron chi connectivity index (χ0n) is 9.63. The number of ether oxygens (including phenoxy) is 1. The Kier molecular flexibility index (Phi) is 4.78. The number of nitrogens with two attached hydrogens (primary N) is 1. The maximum atomic E-state index is 11.4. The molecule has 1 fully saturated rings. The zero-order valence-corrected chi connectivity index (χ0v) is 9.63. The monoisotopic (exact) mass is 258 g/mol. The fourth-order valence-electron chi connectivity index (χ4n) is 1.44. The van der Waals surface area contributed by atoms with Gasteiger partial charge in [0.1, 0.15) is 6.04 Å². The number of esters is 1. The van der Waals surface area contributed by atoms with Gasteiger partial charge in [-0.25, -0.2) is 9.69 Å². The second kappa shape index (κ2) is 6.10. The van der Waals surface area contributed by atoms with E-state index < -0.39 is 24.1 Å². The van der Waals surface area contributed by atoms with Crippen molar-refractivity contribution in [2.75, 3.05) is 6.54 Å².